The van der Waals surface area contributed by atoms with Gasteiger partial charge >= 0.3 is 0 Å². The Labute approximate surface area is 106 Å². The molecule has 2 heterocycles. The largest absolute Gasteiger partial charge is 0.458 e. The average Bonchev–Trinajstić information content (AvgIpc) is 3.00. The normalized spacial score (nSPS) is 35.2. The fraction of sp³-hybridized carbons (Fsp3) is 0.467. The second kappa shape index (κ2) is 3.59. The summed E-state index contributed by atoms with van der Waals surface area (Å²) >= 11 is 0. The highest BCUT2D eigenvalue weighted by Crippen LogP contribution is 2.48. The van der Waals surface area contributed by atoms with Crippen molar-refractivity contribution in [3.8, 4) is 0 Å². The van der Waals surface area contributed by atoms with Crippen molar-refractivity contribution in [3.63, 3.8) is 0 Å². The minimum absolute atomic E-state index is 0.600. The van der Waals surface area contributed by atoms with Crippen molar-refractivity contribution >= 4 is 11.0 Å². The Morgan fingerprint density at radius 1 is 1.17 bits per heavy atom. The van der Waals surface area contributed by atoms with Crippen LogP contribution in [0.4, 0.5) is 0 Å². The summed E-state index contributed by atoms with van der Waals surface area (Å²) in [7, 11) is 0. The van der Waals surface area contributed by atoms with Gasteiger partial charge in [-0.25, -0.2) is 0 Å². The van der Waals surface area contributed by atoms with E-state index in [1.807, 2.05) is 30.3 Å². The molecule has 1 saturated carbocycles. The van der Waals surface area contributed by atoms with Crippen LogP contribution >= 0.6 is 0 Å². The molecule has 0 radical (unpaired) electrons. The average molecular weight is 243 g/mol. The minimum atomic E-state index is -0.754. The van der Waals surface area contributed by atoms with Crippen LogP contribution in [-0.4, -0.2) is 18.2 Å². The molecule has 0 spiro atoms. The predicted molar refractivity (Wildman–Crippen MR) is 69.2 cm³/mol. The van der Waals surface area contributed by atoms with Crippen LogP contribution in [0, 0.1) is 11.8 Å². The number of furan rings is 1. The van der Waals surface area contributed by atoms with E-state index in [1.165, 1.54) is 0 Å². The molecular formula is C15H17NO2. The maximum atomic E-state index is 10.8. The fourth-order valence-corrected chi connectivity index (χ4v) is 3.63. The first-order valence-corrected chi connectivity index (χ1v) is 6.67. The molecule has 3 heteroatoms. The van der Waals surface area contributed by atoms with Crippen molar-refractivity contribution in [3.05, 3.63) is 36.1 Å². The Bertz CT molecular complexity index is 544. The molecule has 94 valence electrons. The number of rotatable bonds is 1. The van der Waals surface area contributed by atoms with E-state index in [2.05, 4.69) is 5.32 Å². The lowest BCUT2D eigenvalue weighted by Crippen LogP contribution is -2.24. The summed E-state index contributed by atoms with van der Waals surface area (Å²) in [5.41, 5.74) is 0.118. The van der Waals surface area contributed by atoms with Crippen LogP contribution in [0.15, 0.2) is 34.7 Å². The van der Waals surface area contributed by atoms with E-state index in [0.29, 0.717) is 11.8 Å². The van der Waals surface area contributed by atoms with Gasteiger partial charge in [0.15, 0.2) is 0 Å². The van der Waals surface area contributed by atoms with Gasteiger partial charge in [0.2, 0.25) is 0 Å². The van der Waals surface area contributed by atoms with Gasteiger partial charge in [0.05, 0.1) is 0 Å². The van der Waals surface area contributed by atoms with E-state index in [4.69, 9.17) is 4.42 Å². The highest BCUT2D eigenvalue weighted by molar-refractivity contribution is 5.77. The van der Waals surface area contributed by atoms with E-state index in [0.717, 1.165) is 42.7 Å². The van der Waals surface area contributed by atoms with Crippen LogP contribution in [0.2, 0.25) is 0 Å². The van der Waals surface area contributed by atoms with Gasteiger partial charge in [0, 0.05) is 5.39 Å². The highest BCUT2D eigenvalue weighted by Gasteiger charge is 2.48. The Morgan fingerprint density at radius 2 is 1.89 bits per heavy atom. The van der Waals surface area contributed by atoms with Crippen LogP contribution in [0.5, 0.6) is 0 Å². The molecule has 2 aromatic rings. The van der Waals surface area contributed by atoms with E-state index >= 15 is 0 Å². The van der Waals surface area contributed by atoms with E-state index in [9.17, 15) is 5.11 Å². The molecule has 2 unspecified atom stereocenters. The second-order valence-corrected chi connectivity index (χ2v) is 5.77. The molecule has 18 heavy (non-hydrogen) atoms. The Kier molecular flexibility index (Phi) is 2.11. The van der Waals surface area contributed by atoms with E-state index < -0.39 is 5.60 Å². The summed E-state index contributed by atoms with van der Waals surface area (Å²) < 4.78 is 5.85. The summed E-state index contributed by atoms with van der Waals surface area (Å²) in [6.07, 6.45) is 1.65. The lowest BCUT2D eigenvalue weighted by molar-refractivity contribution is 0.0155. The highest BCUT2D eigenvalue weighted by atomic mass is 16.4. The fourth-order valence-electron chi connectivity index (χ4n) is 3.63. The molecule has 4 rings (SSSR count). The van der Waals surface area contributed by atoms with Crippen LogP contribution in [0.25, 0.3) is 11.0 Å². The standard InChI is InChI=1S/C15H17NO2/c17-15(6-11-8-16-9-12(11)7-15)14-5-10-3-1-2-4-13(10)18-14/h1-5,11-12,16-17H,6-9H2. The summed E-state index contributed by atoms with van der Waals surface area (Å²) in [5, 5.41) is 15.3. The number of benzene rings is 1. The van der Waals surface area contributed by atoms with E-state index in [1.54, 1.807) is 0 Å². The second-order valence-electron chi connectivity index (χ2n) is 5.77. The number of hydrogen-bond donors (Lipinski definition) is 2. The Balaban J connectivity index is 1.74. The quantitative estimate of drug-likeness (QED) is 0.807. The van der Waals surface area contributed by atoms with Gasteiger partial charge in [0.25, 0.3) is 0 Å². The first kappa shape index (κ1) is 10.6. The molecule has 0 bridgehead atoms. The van der Waals surface area contributed by atoms with Gasteiger partial charge in [-0.1, -0.05) is 18.2 Å². The third-order valence-electron chi connectivity index (χ3n) is 4.56. The molecule has 1 aliphatic heterocycles. The zero-order valence-electron chi connectivity index (χ0n) is 10.2. The maximum absolute atomic E-state index is 10.8. The zero-order valence-corrected chi connectivity index (χ0v) is 10.2. The summed E-state index contributed by atoms with van der Waals surface area (Å²) in [6.45, 7) is 2.07. The molecule has 2 aliphatic rings. The smallest absolute Gasteiger partial charge is 0.136 e. The van der Waals surface area contributed by atoms with Crippen molar-refractivity contribution in [1.82, 2.24) is 5.32 Å². The number of fused-ring (bicyclic) bond motifs is 2. The zero-order chi connectivity index (χ0) is 12.2. The van der Waals surface area contributed by atoms with Crippen molar-refractivity contribution in [2.75, 3.05) is 13.1 Å². The van der Waals surface area contributed by atoms with Crippen molar-refractivity contribution in [2.24, 2.45) is 11.8 Å². The first-order chi connectivity index (χ1) is 8.74. The van der Waals surface area contributed by atoms with Gasteiger partial charge < -0.3 is 14.8 Å². The van der Waals surface area contributed by atoms with Gasteiger partial charge in [0.1, 0.15) is 16.9 Å². The number of hydrogen-bond acceptors (Lipinski definition) is 3. The third kappa shape index (κ3) is 1.44. The van der Waals surface area contributed by atoms with E-state index in [-0.39, 0.29) is 0 Å². The molecule has 0 amide bonds. The molecule has 2 fully saturated rings. The minimum Gasteiger partial charge on any atom is -0.458 e. The first-order valence-electron chi connectivity index (χ1n) is 6.67. The van der Waals surface area contributed by atoms with Crippen LogP contribution < -0.4 is 5.32 Å². The molecule has 3 nitrogen and oxygen atoms in total. The SMILES string of the molecule is OC1(c2cc3ccccc3o2)CC2CNCC2C1. The lowest BCUT2D eigenvalue weighted by Gasteiger charge is -2.20. The topological polar surface area (TPSA) is 45.4 Å². The number of aliphatic hydroxyl groups is 1. The van der Waals surface area contributed by atoms with Crippen LogP contribution in [0.3, 0.4) is 0 Å². The van der Waals surface area contributed by atoms with Crippen LogP contribution in [-0.2, 0) is 5.60 Å². The molecular weight excluding hydrogens is 226 g/mol. The Hall–Kier alpha value is -1.32. The molecule has 1 saturated heterocycles. The van der Waals surface area contributed by atoms with Crippen LogP contribution in [0.1, 0.15) is 18.6 Å². The summed E-state index contributed by atoms with van der Waals surface area (Å²) in [6, 6.07) is 9.96. The molecule has 1 aromatic heterocycles. The lowest BCUT2D eigenvalue weighted by atomic mass is 9.96. The van der Waals surface area contributed by atoms with Gasteiger partial charge in [-0.3, -0.25) is 0 Å². The monoisotopic (exact) mass is 243 g/mol. The number of para-hydroxylation sites is 1. The van der Waals surface area contributed by atoms with Gasteiger partial charge in [-0.05, 0) is 49.9 Å². The molecule has 2 N–H and O–H groups in total. The van der Waals surface area contributed by atoms with Gasteiger partial charge in [-0.2, -0.15) is 0 Å². The molecule has 1 aromatic carbocycles. The summed E-state index contributed by atoms with van der Waals surface area (Å²) in [5.74, 6) is 1.95. The molecule has 2 atom stereocenters. The molecule has 1 aliphatic carbocycles. The van der Waals surface area contributed by atoms with Crippen molar-refractivity contribution in [2.45, 2.75) is 18.4 Å². The predicted octanol–water partition coefficient (Wildman–Crippen LogP) is 2.25. The Morgan fingerprint density at radius 3 is 2.61 bits per heavy atom. The third-order valence-corrected chi connectivity index (χ3v) is 4.56. The summed E-state index contributed by atoms with van der Waals surface area (Å²) in [4.78, 5) is 0. The van der Waals surface area contributed by atoms with Gasteiger partial charge in [-0.15, -0.1) is 0 Å². The van der Waals surface area contributed by atoms with Crippen molar-refractivity contribution < 1.29 is 9.52 Å². The number of nitrogens with one attached hydrogen (secondary N) is 1. The van der Waals surface area contributed by atoms with Crippen molar-refractivity contribution in [1.29, 1.82) is 0 Å². The maximum Gasteiger partial charge on any atom is 0.136 e.